The number of hydrogen-bond acceptors (Lipinski definition) is 5. The molecule has 1 unspecified atom stereocenters. The number of hydrogen-bond donors (Lipinski definition) is 1. The molecule has 0 radical (unpaired) electrons. The quantitative estimate of drug-likeness (QED) is 0.796. The van der Waals surface area contributed by atoms with E-state index in [1.54, 1.807) is 12.1 Å². The van der Waals surface area contributed by atoms with Gasteiger partial charge in [0.1, 0.15) is 12.2 Å². The van der Waals surface area contributed by atoms with Gasteiger partial charge in [-0.1, -0.05) is 6.07 Å². The highest BCUT2D eigenvalue weighted by Gasteiger charge is 2.33. The van der Waals surface area contributed by atoms with Crippen molar-refractivity contribution < 1.29 is 22.7 Å². The molecule has 132 valence electrons. The molecule has 0 spiro atoms. The van der Waals surface area contributed by atoms with Crippen LogP contribution in [-0.2, 0) is 19.4 Å². The second-order valence-electron chi connectivity index (χ2n) is 5.99. The van der Waals surface area contributed by atoms with Crippen LogP contribution in [0.1, 0.15) is 18.4 Å². The van der Waals surface area contributed by atoms with Crippen LogP contribution in [0.3, 0.4) is 0 Å². The molecule has 1 N–H and O–H groups in total. The minimum atomic E-state index is -3.08. The van der Waals surface area contributed by atoms with Gasteiger partial charge in [-0.15, -0.1) is 0 Å². The number of carbonyl (C=O) groups is 2. The molecule has 0 aromatic heterocycles. The summed E-state index contributed by atoms with van der Waals surface area (Å²) in [5, 5.41) is 2.67. The fourth-order valence-corrected chi connectivity index (χ4v) is 4.43. The number of methoxy groups -OCH3 is 1. The first-order chi connectivity index (χ1) is 11.2. The van der Waals surface area contributed by atoms with Crippen molar-refractivity contribution in [3.8, 4) is 5.75 Å². The maximum Gasteiger partial charge on any atom is 0.233 e. The van der Waals surface area contributed by atoms with Crippen LogP contribution in [0.15, 0.2) is 18.2 Å². The molecule has 7 nitrogen and oxygen atoms in total. The van der Waals surface area contributed by atoms with Crippen LogP contribution < -0.4 is 10.1 Å². The van der Waals surface area contributed by atoms with E-state index in [-0.39, 0.29) is 24.0 Å². The highest BCUT2D eigenvalue weighted by atomic mass is 32.2. The molecule has 2 amide bonds. The summed E-state index contributed by atoms with van der Waals surface area (Å²) in [6, 6.07) is 4.99. The number of ether oxygens (including phenoxy) is 1. The normalized spacial score (nSPS) is 18.9. The number of benzene rings is 1. The van der Waals surface area contributed by atoms with E-state index in [1.165, 1.54) is 19.1 Å². The SMILES string of the molecule is COc1ccc(C)cc1NC(=O)CC(=O)N(C)C1CCS(=O)(=O)C1. The van der Waals surface area contributed by atoms with E-state index in [0.29, 0.717) is 17.9 Å². The van der Waals surface area contributed by atoms with Gasteiger partial charge in [-0.2, -0.15) is 0 Å². The number of rotatable bonds is 5. The van der Waals surface area contributed by atoms with Crippen LogP contribution in [0.25, 0.3) is 0 Å². The molecule has 1 aromatic rings. The third kappa shape index (κ3) is 4.47. The van der Waals surface area contributed by atoms with Crippen LogP contribution in [0.4, 0.5) is 5.69 Å². The van der Waals surface area contributed by atoms with Crippen molar-refractivity contribution in [1.29, 1.82) is 0 Å². The molecule has 1 heterocycles. The van der Waals surface area contributed by atoms with Crippen LogP contribution >= 0.6 is 0 Å². The molecule has 1 aliphatic heterocycles. The Balaban J connectivity index is 1.97. The number of carbonyl (C=O) groups excluding carboxylic acids is 2. The lowest BCUT2D eigenvalue weighted by Crippen LogP contribution is -2.39. The number of nitrogens with one attached hydrogen (secondary N) is 1. The van der Waals surface area contributed by atoms with Crippen molar-refractivity contribution in [2.24, 2.45) is 0 Å². The predicted molar refractivity (Wildman–Crippen MR) is 90.8 cm³/mol. The van der Waals surface area contributed by atoms with E-state index < -0.39 is 21.7 Å². The summed E-state index contributed by atoms with van der Waals surface area (Å²) in [6.45, 7) is 1.88. The molecule has 24 heavy (non-hydrogen) atoms. The zero-order valence-electron chi connectivity index (χ0n) is 14.0. The summed E-state index contributed by atoms with van der Waals surface area (Å²) in [7, 11) is -0.0399. The Morgan fingerprint density at radius 2 is 2.08 bits per heavy atom. The number of anilines is 1. The van der Waals surface area contributed by atoms with Gasteiger partial charge in [0.15, 0.2) is 9.84 Å². The number of amides is 2. The van der Waals surface area contributed by atoms with Crippen LogP contribution in [0, 0.1) is 6.92 Å². The number of aryl methyl sites for hydroxylation is 1. The summed E-state index contributed by atoms with van der Waals surface area (Å²) < 4.78 is 28.2. The van der Waals surface area contributed by atoms with Gasteiger partial charge >= 0.3 is 0 Å². The van der Waals surface area contributed by atoms with E-state index in [0.717, 1.165) is 5.56 Å². The van der Waals surface area contributed by atoms with Gasteiger partial charge in [0, 0.05) is 13.1 Å². The Morgan fingerprint density at radius 3 is 2.67 bits per heavy atom. The Morgan fingerprint density at radius 1 is 1.38 bits per heavy atom. The molecule has 0 saturated carbocycles. The molecule has 1 aliphatic rings. The zero-order chi connectivity index (χ0) is 17.9. The Bertz CT molecular complexity index is 745. The first-order valence-electron chi connectivity index (χ1n) is 7.62. The summed E-state index contributed by atoms with van der Waals surface area (Å²) in [5.74, 6) is -0.306. The third-order valence-electron chi connectivity index (χ3n) is 4.09. The van der Waals surface area contributed by atoms with Gasteiger partial charge < -0.3 is 15.0 Å². The molecule has 1 fully saturated rings. The van der Waals surface area contributed by atoms with Gasteiger partial charge in [0.25, 0.3) is 0 Å². The van der Waals surface area contributed by atoms with Crippen molar-refractivity contribution in [2.45, 2.75) is 25.8 Å². The van der Waals surface area contributed by atoms with Crippen LogP contribution in [-0.4, -0.2) is 56.8 Å². The van der Waals surface area contributed by atoms with E-state index in [9.17, 15) is 18.0 Å². The zero-order valence-corrected chi connectivity index (χ0v) is 14.9. The van der Waals surface area contributed by atoms with E-state index in [1.807, 2.05) is 13.0 Å². The van der Waals surface area contributed by atoms with E-state index in [2.05, 4.69) is 5.32 Å². The topological polar surface area (TPSA) is 92.8 Å². The molecule has 1 saturated heterocycles. The van der Waals surface area contributed by atoms with Crippen molar-refractivity contribution in [3.63, 3.8) is 0 Å². The highest BCUT2D eigenvalue weighted by molar-refractivity contribution is 7.91. The highest BCUT2D eigenvalue weighted by Crippen LogP contribution is 2.25. The van der Waals surface area contributed by atoms with E-state index in [4.69, 9.17) is 4.74 Å². The average molecular weight is 354 g/mol. The number of nitrogens with zero attached hydrogens (tertiary/aromatic N) is 1. The standard InChI is InChI=1S/C16H22N2O5S/c1-11-4-5-14(23-3)13(8-11)17-15(19)9-16(20)18(2)12-6-7-24(21,22)10-12/h4-5,8,12H,6-7,9-10H2,1-3H3,(H,17,19). The predicted octanol–water partition coefficient (Wildman–Crippen LogP) is 0.978. The van der Waals surface area contributed by atoms with Crippen molar-refractivity contribution in [2.75, 3.05) is 31.0 Å². The van der Waals surface area contributed by atoms with Gasteiger partial charge in [-0.05, 0) is 31.0 Å². The Hall–Kier alpha value is -2.09. The van der Waals surface area contributed by atoms with Crippen molar-refractivity contribution in [3.05, 3.63) is 23.8 Å². The van der Waals surface area contributed by atoms with Crippen LogP contribution in [0.5, 0.6) is 5.75 Å². The lowest BCUT2D eigenvalue weighted by molar-refractivity contribution is -0.134. The van der Waals surface area contributed by atoms with E-state index >= 15 is 0 Å². The Kier molecular flexibility index (Phi) is 5.48. The third-order valence-corrected chi connectivity index (χ3v) is 5.84. The van der Waals surface area contributed by atoms with Crippen molar-refractivity contribution >= 4 is 27.3 Å². The summed E-state index contributed by atoms with van der Waals surface area (Å²) >= 11 is 0. The lowest BCUT2D eigenvalue weighted by Gasteiger charge is -2.23. The Labute approximate surface area is 141 Å². The largest absolute Gasteiger partial charge is 0.495 e. The molecule has 1 atom stereocenters. The van der Waals surface area contributed by atoms with Gasteiger partial charge in [0.05, 0.1) is 24.3 Å². The minimum absolute atomic E-state index is 0.0391. The average Bonchev–Trinajstić information content (AvgIpc) is 2.86. The maximum atomic E-state index is 12.2. The van der Waals surface area contributed by atoms with Crippen LogP contribution in [0.2, 0.25) is 0 Å². The molecule has 1 aromatic carbocycles. The first kappa shape index (κ1) is 18.3. The summed E-state index contributed by atoms with van der Waals surface area (Å²) in [6.07, 6.45) is 0.0715. The van der Waals surface area contributed by atoms with Gasteiger partial charge in [-0.3, -0.25) is 9.59 Å². The smallest absolute Gasteiger partial charge is 0.233 e. The maximum absolute atomic E-state index is 12.2. The van der Waals surface area contributed by atoms with Gasteiger partial charge in [-0.25, -0.2) is 8.42 Å². The molecular weight excluding hydrogens is 332 g/mol. The fraction of sp³-hybridized carbons (Fsp3) is 0.500. The lowest BCUT2D eigenvalue weighted by atomic mass is 10.2. The molecular formula is C16H22N2O5S. The summed E-state index contributed by atoms with van der Waals surface area (Å²) in [4.78, 5) is 25.7. The fourth-order valence-electron chi connectivity index (χ4n) is 2.66. The van der Waals surface area contributed by atoms with Gasteiger partial charge in [0.2, 0.25) is 11.8 Å². The summed E-state index contributed by atoms with van der Waals surface area (Å²) in [5.41, 5.74) is 1.45. The molecule has 0 aliphatic carbocycles. The monoisotopic (exact) mass is 354 g/mol. The first-order valence-corrected chi connectivity index (χ1v) is 9.44. The second-order valence-corrected chi connectivity index (χ2v) is 8.22. The minimum Gasteiger partial charge on any atom is -0.495 e. The molecule has 0 bridgehead atoms. The number of sulfone groups is 1. The molecule has 2 rings (SSSR count). The second kappa shape index (κ2) is 7.21. The molecule has 8 heteroatoms. The van der Waals surface area contributed by atoms with Crippen molar-refractivity contribution in [1.82, 2.24) is 4.90 Å².